The second kappa shape index (κ2) is 12.8. The maximum atomic E-state index is 16.3. The van der Waals surface area contributed by atoms with Crippen LogP contribution in [0.25, 0.3) is 44.5 Å². The molecular weight excluding hydrogens is 668 g/mol. The third-order valence-electron chi connectivity index (χ3n) is 11.3. The van der Waals surface area contributed by atoms with Gasteiger partial charge in [0.25, 0.3) is 5.92 Å². The first kappa shape index (κ1) is 32.7. The summed E-state index contributed by atoms with van der Waals surface area (Å²) in [6.45, 7) is 2.40. The molecule has 0 unspecified atom stereocenters. The average Bonchev–Trinajstić information content (AvgIpc) is 4.00. The standard InChI is InChI=1S/C39H39F2N7O4/c40-39(41)27-17-22(23-7-10-29-31(19-23)45-35(44-29)30-3-1-13-42-30)5-8-25(27)26-9-6-24(18-28(26)39)32-20-43-36(46-32)33-4-2-14-48(33)37(49)34(47-38(50)51)21-11-15-52-16-12-21/h5-10,17-21,30,33-34,42,47H,1-4,11-16H2,(H,43,46)(H,44,45)(H,50,51)/t30-,33-,34-/m0/s1. The van der Waals surface area contributed by atoms with Crippen molar-refractivity contribution in [2.75, 3.05) is 26.3 Å². The number of carboxylic acid groups (broad SMARTS) is 1. The monoisotopic (exact) mass is 707 g/mol. The Kier molecular flexibility index (Phi) is 8.07. The molecule has 268 valence electrons. The van der Waals surface area contributed by atoms with E-state index in [1.165, 1.54) is 6.07 Å². The Bertz CT molecular complexity index is 2190. The Balaban J connectivity index is 0.964. The number of halogens is 2. The predicted molar refractivity (Wildman–Crippen MR) is 190 cm³/mol. The summed E-state index contributed by atoms with van der Waals surface area (Å²) in [5.74, 6) is -2.21. The van der Waals surface area contributed by atoms with E-state index in [-0.39, 0.29) is 35.0 Å². The lowest BCUT2D eigenvalue weighted by molar-refractivity contribution is -0.136. The van der Waals surface area contributed by atoms with Crippen molar-refractivity contribution in [3.8, 4) is 33.5 Å². The van der Waals surface area contributed by atoms with E-state index < -0.39 is 18.1 Å². The lowest BCUT2D eigenvalue weighted by Gasteiger charge is -2.33. The molecule has 0 bridgehead atoms. The van der Waals surface area contributed by atoms with E-state index in [1.54, 1.807) is 29.3 Å². The van der Waals surface area contributed by atoms with Gasteiger partial charge in [-0.2, -0.15) is 8.78 Å². The van der Waals surface area contributed by atoms with Gasteiger partial charge >= 0.3 is 6.09 Å². The Labute approximate surface area is 298 Å². The van der Waals surface area contributed by atoms with Gasteiger partial charge < -0.3 is 35.3 Å². The van der Waals surface area contributed by atoms with Gasteiger partial charge in [0, 0.05) is 36.4 Å². The van der Waals surface area contributed by atoms with Crippen LogP contribution in [-0.2, 0) is 15.5 Å². The van der Waals surface area contributed by atoms with Gasteiger partial charge in [-0.05, 0) is 97.5 Å². The van der Waals surface area contributed by atoms with Crippen LogP contribution in [-0.4, -0.2) is 74.3 Å². The molecule has 5 heterocycles. The van der Waals surface area contributed by atoms with E-state index >= 15 is 8.78 Å². The molecule has 3 fully saturated rings. The largest absolute Gasteiger partial charge is 0.465 e. The molecule has 5 aromatic rings. The highest BCUT2D eigenvalue weighted by Gasteiger charge is 2.45. The summed E-state index contributed by atoms with van der Waals surface area (Å²) in [6.07, 6.45) is 5.08. The summed E-state index contributed by atoms with van der Waals surface area (Å²) in [5, 5.41) is 15.4. The second-order valence-corrected chi connectivity index (χ2v) is 14.3. The van der Waals surface area contributed by atoms with Crippen LogP contribution in [0.1, 0.15) is 73.4 Å². The fourth-order valence-electron chi connectivity index (χ4n) is 8.57. The molecule has 0 spiro atoms. The molecule has 1 aliphatic carbocycles. The number of ether oxygens (including phenoxy) is 1. The van der Waals surface area contributed by atoms with Crippen molar-refractivity contribution < 1.29 is 28.2 Å². The van der Waals surface area contributed by atoms with Crippen LogP contribution >= 0.6 is 0 Å². The number of fused-ring (bicyclic) bond motifs is 4. The van der Waals surface area contributed by atoms with Crippen LogP contribution in [0.5, 0.6) is 0 Å². The van der Waals surface area contributed by atoms with Crippen molar-refractivity contribution in [3.63, 3.8) is 0 Å². The van der Waals surface area contributed by atoms with Crippen LogP contribution in [0.3, 0.4) is 0 Å². The minimum absolute atomic E-state index is 0.0304. The van der Waals surface area contributed by atoms with Gasteiger partial charge in [-0.1, -0.05) is 30.3 Å². The third kappa shape index (κ3) is 5.63. The van der Waals surface area contributed by atoms with Crippen LogP contribution in [0.15, 0.2) is 60.8 Å². The van der Waals surface area contributed by atoms with Crippen molar-refractivity contribution in [1.82, 2.24) is 35.5 Å². The van der Waals surface area contributed by atoms with Gasteiger partial charge in [0.1, 0.15) is 17.7 Å². The van der Waals surface area contributed by atoms with Crippen LogP contribution in [0, 0.1) is 5.92 Å². The molecule has 2 amide bonds. The van der Waals surface area contributed by atoms with Gasteiger partial charge in [0.05, 0.1) is 35.0 Å². The molecule has 3 aromatic carbocycles. The highest BCUT2D eigenvalue weighted by Crippen LogP contribution is 2.52. The number of nitrogens with zero attached hydrogens (tertiary/aromatic N) is 3. The molecule has 13 heteroatoms. The van der Waals surface area contributed by atoms with Crippen molar-refractivity contribution in [3.05, 3.63) is 83.6 Å². The molecule has 0 saturated carbocycles. The summed E-state index contributed by atoms with van der Waals surface area (Å²) in [5.41, 5.74) is 5.29. The predicted octanol–water partition coefficient (Wildman–Crippen LogP) is 6.89. The maximum Gasteiger partial charge on any atom is 0.405 e. The summed E-state index contributed by atoms with van der Waals surface area (Å²) < 4.78 is 38.1. The van der Waals surface area contributed by atoms with Crippen molar-refractivity contribution in [1.29, 1.82) is 0 Å². The number of hydrogen-bond donors (Lipinski definition) is 5. The Morgan fingerprint density at radius 3 is 2.38 bits per heavy atom. The lowest BCUT2D eigenvalue weighted by atomic mass is 9.90. The molecule has 0 radical (unpaired) electrons. The quantitative estimate of drug-likeness (QED) is 0.124. The first-order chi connectivity index (χ1) is 25.2. The number of alkyl halides is 2. The van der Waals surface area contributed by atoms with Gasteiger partial charge in [0.2, 0.25) is 5.91 Å². The number of aromatic nitrogens is 4. The molecule has 3 aliphatic heterocycles. The first-order valence-electron chi connectivity index (χ1n) is 18.1. The second-order valence-electron chi connectivity index (χ2n) is 14.3. The number of imidazole rings is 2. The van der Waals surface area contributed by atoms with Crippen molar-refractivity contribution >= 4 is 23.0 Å². The molecule has 4 aliphatic rings. The molecule has 5 N–H and O–H groups in total. The zero-order valence-electron chi connectivity index (χ0n) is 28.4. The van der Waals surface area contributed by atoms with E-state index in [0.29, 0.717) is 72.8 Å². The first-order valence-corrected chi connectivity index (χ1v) is 18.1. The van der Waals surface area contributed by atoms with Gasteiger partial charge in [-0.25, -0.2) is 14.8 Å². The fraction of sp³-hybridized carbons (Fsp3) is 0.385. The number of H-pyrrole nitrogens is 2. The topological polar surface area (TPSA) is 148 Å². The van der Waals surface area contributed by atoms with Gasteiger partial charge in [-0.3, -0.25) is 4.79 Å². The summed E-state index contributed by atoms with van der Waals surface area (Å²) in [4.78, 5) is 43.2. The number of rotatable bonds is 7. The van der Waals surface area contributed by atoms with E-state index in [2.05, 4.69) is 25.6 Å². The van der Waals surface area contributed by atoms with Gasteiger partial charge in [-0.15, -0.1) is 0 Å². The van der Waals surface area contributed by atoms with Crippen LogP contribution < -0.4 is 10.6 Å². The molecule has 9 rings (SSSR count). The number of amides is 2. The Morgan fingerprint density at radius 2 is 1.63 bits per heavy atom. The van der Waals surface area contributed by atoms with Gasteiger partial charge in [0.15, 0.2) is 0 Å². The molecule has 11 nitrogen and oxygen atoms in total. The summed E-state index contributed by atoms with van der Waals surface area (Å²) in [6, 6.07) is 15.1. The zero-order chi connectivity index (χ0) is 35.6. The highest BCUT2D eigenvalue weighted by atomic mass is 19.3. The molecule has 52 heavy (non-hydrogen) atoms. The smallest absolute Gasteiger partial charge is 0.405 e. The maximum absolute atomic E-state index is 16.3. The number of hydrogen-bond acceptors (Lipinski definition) is 6. The Morgan fingerprint density at radius 1 is 0.904 bits per heavy atom. The fourth-order valence-corrected chi connectivity index (χ4v) is 8.57. The molecule has 3 saturated heterocycles. The van der Waals surface area contributed by atoms with Crippen molar-refractivity contribution in [2.45, 2.75) is 62.6 Å². The number of likely N-dealkylation sites (tertiary alicyclic amines) is 1. The number of carbonyl (C=O) groups excluding carboxylic acids is 1. The minimum atomic E-state index is -3.22. The Hall–Kier alpha value is -5.14. The number of benzene rings is 3. The van der Waals surface area contributed by atoms with E-state index in [4.69, 9.17) is 9.72 Å². The van der Waals surface area contributed by atoms with Crippen LogP contribution in [0.2, 0.25) is 0 Å². The molecule has 2 aromatic heterocycles. The van der Waals surface area contributed by atoms with E-state index in [9.17, 15) is 14.7 Å². The number of aromatic amines is 2. The zero-order valence-corrected chi connectivity index (χ0v) is 28.4. The highest BCUT2D eigenvalue weighted by molar-refractivity contribution is 5.88. The minimum Gasteiger partial charge on any atom is -0.465 e. The van der Waals surface area contributed by atoms with Crippen LogP contribution in [0.4, 0.5) is 13.6 Å². The number of carbonyl (C=O) groups is 2. The normalized spacial score (nSPS) is 21.7. The van der Waals surface area contributed by atoms with Crippen molar-refractivity contribution in [2.24, 2.45) is 5.92 Å². The van der Waals surface area contributed by atoms with E-state index in [1.807, 2.05) is 30.3 Å². The van der Waals surface area contributed by atoms with E-state index in [0.717, 1.165) is 48.2 Å². The third-order valence-corrected chi connectivity index (χ3v) is 11.3. The lowest BCUT2D eigenvalue weighted by Crippen LogP contribution is -2.52. The molecule has 3 atom stereocenters. The number of nitrogens with one attached hydrogen (secondary N) is 4. The SMILES string of the molecule is O=C(O)N[C@H](C(=O)N1CCC[C@H]1c1ncc(-c2ccc3c(c2)C(F)(F)c2cc(-c4ccc5nc([C@@H]6CCCN6)[nH]c5c4)ccc2-3)[nH]1)C1CCOCC1. The summed E-state index contributed by atoms with van der Waals surface area (Å²) in [7, 11) is 0. The summed E-state index contributed by atoms with van der Waals surface area (Å²) >= 11 is 0. The average molecular weight is 708 g/mol. The molecular formula is C39H39F2N7O4.